The third-order valence-electron chi connectivity index (χ3n) is 7.30. The number of ether oxygens (including phenoxy) is 1. The molecule has 34 heavy (non-hydrogen) atoms. The molecule has 3 fully saturated rings. The van der Waals surface area contributed by atoms with Crippen LogP contribution >= 0.6 is 0 Å². The van der Waals surface area contributed by atoms with Crippen molar-refractivity contribution in [2.75, 3.05) is 32.9 Å². The van der Waals surface area contributed by atoms with E-state index >= 15 is 0 Å². The number of aliphatic hydroxyl groups excluding tert-OH is 1. The lowest BCUT2D eigenvalue weighted by atomic mass is 9.73. The van der Waals surface area contributed by atoms with Gasteiger partial charge in [-0.2, -0.15) is 0 Å². The molecule has 3 saturated heterocycles. The van der Waals surface area contributed by atoms with Crippen molar-refractivity contribution in [1.29, 1.82) is 0 Å². The topological polar surface area (TPSA) is 70.1 Å². The van der Waals surface area contributed by atoms with Crippen LogP contribution in [0.4, 0.5) is 0 Å². The molecule has 3 aliphatic rings. The van der Waals surface area contributed by atoms with Gasteiger partial charge in [0.15, 0.2) is 0 Å². The van der Waals surface area contributed by atoms with Crippen LogP contribution in [0.3, 0.4) is 0 Å². The summed E-state index contributed by atoms with van der Waals surface area (Å²) in [6.45, 7) is 1.74. The fourth-order valence-corrected chi connectivity index (χ4v) is 5.50. The van der Waals surface area contributed by atoms with E-state index in [4.69, 9.17) is 4.74 Å². The van der Waals surface area contributed by atoms with Crippen molar-refractivity contribution in [3.8, 4) is 11.8 Å². The van der Waals surface area contributed by atoms with Gasteiger partial charge in [0.2, 0.25) is 11.8 Å². The van der Waals surface area contributed by atoms with Crippen LogP contribution in [-0.2, 0) is 20.7 Å². The molecule has 2 aromatic rings. The van der Waals surface area contributed by atoms with Crippen molar-refractivity contribution in [1.82, 2.24) is 9.80 Å². The summed E-state index contributed by atoms with van der Waals surface area (Å²) in [5, 5.41) is 10.0. The number of rotatable bonds is 4. The molecule has 2 amide bonds. The molecule has 6 nitrogen and oxygen atoms in total. The van der Waals surface area contributed by atoms with Crippen molar-refractivity contribution in [2.45, 2.75) is 37.3 Å². The van der Waals surface area contributed by atoms with E-state index in [1.54, 1.807) is 9.80 Å². The van der Waals surface area contributed by atoms with E-state index in [1.165, 1.54) is 5.56 Å². The molecule has 0 saturated carbocycles. The highest BCUT2D eigenvalue weighted by Gasteiger charge is 2.54. The number of nitrogens with zero attached hydrogens (tertiary/aromatic N) is 2. The maximum Gasteiger partial charge on any atom is 0.242 e. The van der Waals surface area contributed by atoms with E-state index < -0.39 is 0 Å². The minimum Gasteiger partial charge on any atom is -0.394 e. The first kappa shape index (κ1) is 22.6. The number of fused-ring (bicyclic) bond motifs is 1. The number of hydrogen-bond donors (Lipinski definition) is 1. The van der Waals surface area contributed by atoms with Gasteiger partial charge in [-0.1, -0.05) is 54.3 Å². The molecule has 0 aliphatic carbocycles. The molecule has 3 aliphatic heterocycles. The van der Waals surface area contributed by atoms with E-state index in [2.05, 4.69) is 24.0 Å². The molecule has 0 unspecified atom stereocenters. The summed E-state index contributed by atoms with van der Waals surface area (Å²) < 4.78 is 5.38. The Morgan fingerprint density at radius 2 is 1.79 bits per heavy atom. The third-order valence-corrected chi connectivity index (χ3v) is 7.30. The Morgan fingerprint density at radius 1 is 1.06 bits per heavy atom. The van der Waals surface area contributed by atoms with Gasteiger partial charge in [0.25, 0.3) is 0 Å². The fourth-order valence-electron chi connectivity index (χ4n) is 5.50. The molecule has 2 aromatic carbocycles. The quantitative estimate of drug-likeness (QED) is 0.714. The second-order valence-electron chi connectivity index (χ2n) is 9.34. The van der Waals surface area contributed by atoms with Crippen LogP contribution in [0, 0.1) is 17.8 Å². The van der Waals surface area contributed by atoms with Gasteiger partial charge in [-0.05, 0) is 36.1 Å². The van der Waals surface area contributed by atoms with Gasteiger partial charge < -0.3 is 19.6 Å². The number of carbonyl (C=O) groups is 2. The van der Waals surface area contributed by atoms with Crippen molar-refractivity contribution < 1.29 is 19.4 Å². The number of carbonyl (C=O) groups excluding carboxylic acids is 2. The van der Waals surface area contributed by atoms with Crippen LogP contribution in [0.2, 0.25) is 0 Å². The Hall–Kier alpha value is -3.14. The second kappa shape index (κ2) is 10.0. The lowest BCUT2D eigenvalue weighted by Crippen LogP contribution is -2.73. The molecule has 0 radical (unpaired) electrons. The molecule has 0 aromatic heterocycles. The van der Waals surface area contributed by atoms with E-state index in [1.807, 2.05) is 42.5 Å². The molecule has 0 spiro atoms. The van der Waals surface area contributed by atoms with Crippen LogP contribution in [0.1, 0.15) is 35.4 Å². The fraction of sp³-hybridized carbons (Fsp3) is 0.429. The van der Waals surface area contributed by atoms with Crippen LogP contribution in [0.5, 0.6) is 0 Å². The predicted octanol–water partition coefficient (Wildman–Crippen LogP) is 2.20. The zero-order valence-corrected chi connectivity index (χ0v) is 19.2. The lowest BCUT2D eigenvalue weighted by Gasteiger charge is -2.59. The number of benzene rings is 2. The average Bonchev–Trinajstić information content (AvgIpc) is 2.87. The Labute approximate surface area is 200 Å². The van der Waals surface area contributed by atoms with Crippen molar-refractivity contribution in [3.63, 3.8) is 0 Å². The van der Waals surface area contributed by atoms with Gasteiger partial charge in [-0.25, -0.2) is 0 Å². The molecule has 6 heteroatoms. The molecular formula is C28H30N2O4. The largest absolute Gasteiger partial charge is 0.394 e. The van der Waals surface area contributed by atoms with Gasteiger partial charge in [0.05, 0.1) is 25.2 Å². The van der Waals surface area contributed by atoms with Gasteiger partial charge in [0.1, 0.15) is 0 Å². The minimum atomic E-state index is -0.243. The van der Waals surface area contributed by atoms with Gasteiger partial charge in [-0.15, -0.1) is 0 Å². The SMILES string of the molecule is O=C(C1CCOCC1)N1CC(=O)N2[C@H](C1)[C@H](c1ccc(C#CCc3ccccc3)cc1)[C@@H]2CO. The zero-order valence-electron chi connectivity index (χ0n) is 19.2. The van der Waals surface area contributed by atoms with Crippen LogP contribution in [-0.4, -0.2) is 71.7 Å². The molecule has 176 valence electrons. The monoisotopic (exact) mass is 458 g/mol. The van der Waals surface area contributed by atoms with Crippen LogP contribution in [0.15, 0.2) is 54.6 Å². The summed E-state index contributed by atoms with van der Waals surface area (Å²) in [6, 6.07) is 17.9. The summed E-state index contributed by atoms with van der Waals surface area (Å²) >= 11 is 0. The third kappa shape index (κ3) is 4.46. The predicted molar refractivity (Wildman–Crippen MR) is 128 cm³/mol. The highest BCUT2D eigenvalue weighted by molar-refractivity contribution is 5.88. The number of aliphatic hydroxyl groups is 1. The van der Waals surface area contributed by atoms with Crippen LogP contribution < -0.4 is 0 Å². The van der Waals surface area contributed by atoms with Crippen molar-refractivity contribution in [3.05, 3.63) is 71.3 Å². The maximum atomic E-state index is 13.1. The van der Waals surface area contributed by atoms with Gasteiger partial charge in [-0.3, -0.25) is 9.59 Å². The summed E-state index contributed by atoms with van der Waals surface area (Å²) in [5.41, 5.74) is 3.20. The first-order valence-electron chi connectivity index (χ1n) is 12.1. The number of hydrogen-bond acceptors (Lipinski definition) is 4. The summed E-state index contributed by atoms with van der Waals surface area (Å²) in [7, 11) is 0. The normalized spacial score (nSPS) is 24.6. The lowest BCUT2D eigenvalue weighted by molar-refractivity contribution is -0.169. The van der Waals surface area contributed by atoms with E-state index in [0.717, 1.165) is 11.1 Å². The highest BCUT2D eigenvalue weighted by atomic mass is 16.5. The maximum absolute atomic E-state index is 13.1. The standard InChI is InChI=1S/C28H30N2O4/c31-19-25-27(22-11-9-21(10-12-22)8-4-7-20-5-2-1-3-6-20)24-17-29(18-26(32)30(24)25)28(33)23-13-15-34-16-14-23/h1-3,5-6,9-12,23-25,27,31H,7,13-19H2/t24-,25+,27+/m1/s1. The average molecular weight is 459 g/mol. The Kier molecular flexibility index (Phi) is 6.66. The summed E-state index contributed by atoms with van der Waals surface area (Å²) in [4.78, 5) is 29.4. The molecular weight excluding hydrogens is 428 g/mol. The van der Waals surface area contributed by atoms with Crippen molar-refractivity contribution in [2.24, 2.45) is 5.92 Å². The van der Waals surface area contributed by atoms with Gasteiger partial charge in [0, 0.05) is 43.6 Å². The molecule has 3 heterocycles. The number of amides is 2. The minimum absolute atomic E-state index is 0.00515. The molecule has 3 atom stereocenters. The Bertz CT molecular complexity index is 1080. The van der Waals surface area contributed by atoms with E-state index in [9.17, 15) is 14.7 Å². The van der Waals surface area contributed by atoms with Crippen LogP contribution in [0.25, 0.3) is 0 Å². The van der Waals surface area contributed by atoms with Gasteiger partial charge >= 0.3 is 0 Å². The first-order chi connectivity index (χ1) is 16.7. The summed E-state index contributed by atoms with van der Waals surface area (Å²) in [6.07, 6.45) is 2.13. The zero-order chi connectivity index (χ0) is 23.5. The number of piperazine rings is 1. The van der Waals surface area contributed by atoms with E-state index in [-0.39, 0.29) is 48.9 Å². The van der Waals surface area contributed by atoms with E-state index in [0.29, 0.717) is 39.0 Å². The Morgan fingerprint density at radius 3 is 2.50 bits per heavy atom. The Balaban J connectivity index is 1.28. The molecule has 5 rings (SSSR count). The van der Waals surface area contributed by atoms with Crippen molar-refractivity contribution >= 4 is 11.8 Å². The smallest absolute Gasteiger partial charge is 0.242 e. The second-order valence-corrected chi connectivity index (χ2v) is 9.34. The molecule has 1 N–H and O–H groups in total. The highest BCUT2D eigenvalue weighted by Crippen LogP contribution is 2.43. The summed E-state index contributed by atoms with van der Waals surface area (Å²) in [5.74, 6) is 6.37. The first-order valence-corrected chi connectivity index (χ1v) is 12.1. The molecule has 0 bridgehead atoms.